The monoisotopic (exact) mass is 384 g/mol. The Morgan fingerprint density at radius 1 is 1.25 bits per heavy atom. The van der Waals surface area contributed by atoms with Crippen molar-refractivity contribution >= 4 is 22.5 Å². The second-order valence-corrected chi connectivity index (χ2v) is 7.78. The molecule has 0 saturated heterocycles. The molecule has 1 amide bonds. The van der Waals surface area contributed by atoms with Gasteiger partial charge in [0.2, 0.25) is 0 Å². The molecule has 0 unspecified atom stereocenters. The lowest BCUT2D eigenvalue weighted by Crippen LogP contribution is -2.48. The molecule has 0 spiro atoms. The van der Waals surface area contributed by atoms with Gasteiger partial charge in [0.15, 0.2) is 0 Å². The molecule has 1 saturated carbocycles. The molecular weight excluding hydrogens is 352 g/mol. The fraction of sp³-hybridized carbons (Fsp3) is 0.565. The van der Waals surface area contributed by atoms with Crippen LogP contribution in [0.3, 0.4) is 0 Å². The summed E-state index contributed by atoms with van der Waals surface area (Å²) >= 11 is 0. The topological polar surface area (TPSA) is 60.5 Å². The van der Waals surface area contributed by atoms with Crippen molar-refractivity contribution in [2.24, 2.45) is 5.92 Å². The number of unbranched alkanes of at least 4 members (excludes halogenated alkanes) is 1. The van der Waals surface area contributed by atoms with Crippen molar-refractivity contribution in [3.8, 4) is 5.75 Å². The summed E-state index contributed by atoms with van der Waals surface area (Å²) in [6.07, 6.45) is 7.40. The fourth-order valence-corrected chi connectivity index (χ4v) is 3.88. The largest absolute Gasteiger partial charge is 0.491 e. The summed E-state index contributed by atoms with van der Waals surface area (Å²) in [6, 6.07) is 7.67. The average molecular weight is 385 g/mol. The highest BCUT2D eigenvalue weighted by atomic mass is 16.5. The highest BCUT2D eigenvalue weighted by Gasteiger charge is 2.42. The lowest BCUT2D eigenvalue weighted by Gasteiger charge is -2.37. The standard InChI is InChI=1S/C23H32N2O3/c1-4-6-16-27-20-10-9-19(18-8-7-15-24-21(18)20)25-22(26)23(28-5-2)13-11-17(3)12-14-23/h7-10,15,17H,4-6,11-14,16H2,1-3H3,(H,25,26). The minimum atomic E-state index is -0.730. The van der Waals surface area contributed by atoms with Crippen LogP contribution in [0.4, 0.5) is 5.69 Å². The molecule has 5 nitrogen and oxygen atoms in total. The van der Waals surface area contributed by atoms with Gasteiger partial charge in [0.05, 0.1) is 12.3 Å². The van der Waals surface area contributed by atoms with Crippen molar-refractivity contribution in [3.63, 3.8) is 0 Å². The van der Waals surface area contributed by atoms with Gasteiger partial charge in [-0.2, -0.15) is 0 Å². The number of anilines is 1. The van der Waals surface area contributed by atoms with E-state index < -0.39 is 5.60 Å². The Hall–Kier alpha value is -2.14. The van der Waals surface area contributed by atoms with Gasteiger partial charge in [0.25, 0.3) is 5.91 Å². The van der Waals surface area contributed by atoms with Crippen LogP contribution in [0, 0.1) is 5.92 Å². The number of aromatic nitrogens is 1. The normalized spacial score (nSPS) is 22.2. The molecule has 0 atom stereocenters. The number of amides is 1. The molecule has 5 heteroatoms. The van der Waals surface area contributed by atoms with E-state index in [0.717, 1.165) is 60.9 Å². The summed E-state index contributed by atoms with van der Waals surface area (Å²) < 4.78 is 11.9. The van der Waals surface area contributed by atoms with E-state index in [2.05, 4.69) is 24.1 Å². The number of hydrogen-bond donors (Lipinski definition) is 1. The molecule has 152 valence electrons. The number of nitrogens with one attached hydrogen (secondary N) is 1. The van der Waals surface area contributed by atoms with Crippen LogP contribution in [0.15, 0.2) is 30.5 Å². The lowest BCUT2D eigenvalue weighted by atomic mass is 9.78. The van der Waals surface area contributed by atoms with E-state index in [0.29, 0.717) is 19.1 Å². The van der Waals surface area contributed by atoms with Crippen LogP contribution in [0.2, 0.25) is 0 Å². The molecule has 0 radical (unpaired) electrons. The molecule has 3 rings (SSSR count). The SMILES string of the molecule is CCCCOc1ccc(NC(=O)C2(OCC)CCC(C)CC2)c2cccnc12. The Labute approximate surface area is 167 Å². The van der Waals surface area contributed by atoms with Gasteiger partial charge in [0.1, 0.15) is 16.9 Å². The van der Waals surface area contributed by atoms with E-state index in [1.54, 1.807) is 6.20 Å². The van der Waals surface area contributed by atoms with Crippen molar-refractivity contribution in [1.82, 2.24) is 4.98 Å². The van der Waals surface area contributed by atoms with Crippen LogP contribution in [0.25, 0.3) is 10.9 Å². The van der Waals surface area contributed by atoms with Crippen LogP contribution >= 0.6 is 0 Å². The molecule has 0 aliphatic heterocycles. The zero-order valence-corrected chi connectivity index (χ0v) is 17.3. The summed E-state index contributed by atoms with van der Waals surface area (Å²) in [5.41, 5.74) is 0.805. The Morgan fingerprint density at radius 3 is 2.75 bits per heavy atom. The number of pyridine rings is 1. The molecular formula is C23H32N2O3. The van der Waals surface area contributed by atoms with Gasteiger partial charge in [-0.25, -0.2) is 0 Å². The quantitative estimate of drug-likeness (QED) is 0.624. The van der Waals surface area contributed by atoms with Crippen molar-refractivity contribution in [2.45, 2.75) is 64.9 Å². The maximum absolute atomic E-state index is 13.2. The minimum absolute atomic E-state index is 0.0499. The van der Waals surface area contributed by atoms with Gasteiger partial charge in [-0.05, 0) is 69.2 Å². The number of hydrogen-bond acceptors (Lipinski definition) is 4. The number of rotatable bonds is 8. The predicted octanol–water partition coefficient (Wildman–Crippen LogP) is 5.34. The molecule has 2 aromatic rings. The van der Waals surface area contributed by atoms with E-state index in [9.17, 15) is 4.79 Å². The highest BCUT2D eigenvalue weighted by molar-refractivity contribution is 6.05. The summed E-state index contributed by atoms with van der Waals surface area (Å²) in [6.45, 7) is 7.53. The van der Waals surface area contributed by atoms with E-state index in [1.807, 2.05) is 31.2 Å². The van der Waals surface area contributed by atoms with Crippen LogP contribution < -0.4 is 10.1 Å². The molecule has 1 aromatic carbocycles. The van der Waals surface area contributed by atoms with Crippen LogP contribution in [0.1, 0.15) is 59.3 Å². The molecule has 1 aliphatic rings. The number of carbonyl (C=O) groups excluding carboxylic acids is 1. The van der Waals surface area contributed by atoms with Gasteiger partial charge in [-0.15, -0.1) is 0 Å². The highest BCUT2D eigenvalue weighted by Crippen LogP contribution is 2.37. The molecule has 1 aliphatic carbocycles. The number of nitrogens with zero attached hydrogens (tertiary/aromatic N) is 1. The third-order valence-electron chi connectivity index (χ3n) is 5.65. The Kier molecular flexibility index (Phi) is 6.89. The van der Waals surface area contributed by atoms with E-state index >= 15 is 0 Å². The molecule has 0 bridgehead atoms. The predicted molar refractivity (Wildman–Crippen MR) is 113 cm³/mol. The van der Waals surface area contributed by atoms with Gasteiger partial charge in [0, 0.05) is 18.2 Å². The summed E-state index contributed by atoms with van der Waals surface area (Å²) in [5, 5.41) is 4.02. The maximum Gasteiger partial charge on any atom is 0.256 e. The van der Waals surface area contributed by atoms with Gasteiger partial charge >= 0.3 is 0 Å². The summed E-state index contributed by atoms with van der Waals surface area (Å²) in [5.74, 6) is 1.35. The third-order valence-corrected chi connectivity index (χ3v) is 5.65. The first kappa shape index (κ1) is 20.6. The second-order valence-electron chi connectivity index (χ2n) is 7.78. The zero-order chi connectivity index (χ0) is 20.0. The summed E-state index contributed by atoms with van der Waals surface area (Å²) in [4.78, 5) is 17.7. The Balaban J connectivity index is 1.85. The Bertz CT molecular complexity index is 798. The van der Waals surface area contributed by atoms with Gasteiger partial charge < -0.3 is 14.8 Å². The first-order chi connectivity index (χ1) is 13.6. The van der Waals surface area contributed by atoms with Gasteiger partial charge in [-0.1, -0.05) is 20.3 Å². The average Bonchev–Trinajstić information content (AvgIpc) is 2.71. The minimum Gasteiger partial charge on any atom is -0.491 e. The van der Waals surface area contributed by atoms with Crippen LogP contribution in [-0.4, -0.2) is 29.7 Å². The van der Waals surface area contributed by atoms with Crippen molar-refractivity contribution < 1.29 is 14.3 Å². The van der Waals surface area contributed by atoms with Crippen molar-refractivity contribution in [2.75, 3.05) is 18.5 Å². The molecule has 1 aromatic heterocycles. The Morgan fingerprint density at radius 2 is 2.04 bits per heavy atom. The number of benzene rings is 1. The molecule has 28 heavy (non-hydrogen) atoms. The lowest BCUT2D eigenvalue weighted by molar-refractivity contribution is -0.146. The molecule has 1 fully saturated rings. The van der Waals surface area contributed by atoms with Crippen molar-refractivity contribution in [1.29, 1.82) is 0 Å². The second kappa shape index (κ2) is 9.37. The summed E-state index contributed by atoms with van der Waals surface area (Å²) in [7, 11) is 0. The van der Waals surface area contributed by atoms with Crippen LogP contribution in [-0.2, 0) is 9.53 Å². The van der Waals surface area contributed by atoms with E-state index in [-0.39, 0.29) is 5.91 Å². The first-order valence-electron chi connectivity index (χ1n) is 10.6. The van der Waals surface area contributed by atoms with E-state index in [4.69, 9.17) is 9.47 Å². The van der Waals surface area contributed by atoms with Crippen LogP contribution in [0.5, 0.6) is 5.75 Å². The van der Waals surface area contributed by atoms with E-state index in [1.165, 1.54) is 0 Å². The number of ether oxygens (including phenoxy) is 2. The molecule has 1 N–H and O–H groups in total. The third kappa shape index (κ3) is 4.46. The maximum atomic E-state index is 13.2. The number of fused-ring (bicyclic) bond motifs is 1. The zero-order valence-electron chi connectivity index (χ0n) is 17.3. The number of carbonyl (C=O) groups is 1. The first-order valence-corrected chi connectivity index (χ1v) is 10.6. The molecule has 1 heterocycles. The smallest absolute Gasteiger partial charge is 0.256 e. The fourth-order valence-electron chi connectivity index (χ4n) is 3.88. The van der Waals surface area contributed by atoms with Crippen molar-refractivity contribution in [3.05, 3.63) is 30.5 Å². The van der Waals surface area contributed by atoms with Gasteiger partial charge in [-0.3, -0.25) is 9.78 Å².